The lowest BCUT2D eigenvalue weighted by molar-refractivity contribution is -0.141. The number of rotatable bonds is 14. The van der Waals surface area contributed by atoms with Crippen molar-refractivity contribution in [1.82, 2.24) is 10.2 Å². The molecule has 0 fully saturated rings. The molecule has 11 heteroatoms. The number of nitrogens with zero attached hydrogens (tertiary/aromatic N) is 2. The van der Waals surface area contributed by atoms with E-state index in [4.69, 9.17) is 0 Å². The van der Waals surface area contributed by atoms with Gasteiger partial charge in [0.05, 0.1) is 17.5 Å². The lowest BCUT2D eigenvalue weighted by Gasteiger charge is -2.32. The zero-order valence-electron chi connectivity index (χ0n) is 24.5. The van der Waals surface area contributed by atoms with Crippen molar-refractivity contribution in [2.45, 2.75) is 51.9 Å². The highest BCUT2D eigenvalue weighted by Gasteiger charge is 2.32. The molecule has 0 aliphatic carbocycles. The fraction of sp³-hybridized carbons (Fsp3) is 0.375. The summed E-state index contributed by atoms with van der Waals surface area (Å²) < 4.78 is 65.9. The van der Waals surface area contributed by atoms with Crippen molar-refractivity contribution in [2.24, 2.45) is 5.92 Å². The zero-order valence-corrected chi connectivity index (χ0v) is 25.4. The maximum absolute atomic E-state index is 13.8. The van der Waals surface area contributed by atoms with Crippen LogP contribution in [0.25, 0.3) is 0 Å². The van der Waals surface area contributed by atoms with Crippen LogP contribution in [-0.4, -0.2) is 50.5 Å². The Hall–Kier alpha value is -3.86. The molecule has 3 rings (SSSR count). The fourth-order valence-electron chi connectivity index (χ4n) is 4.60. The second kappa shape index (κ2) is 15.0. The number of amides is 2. The summed E-state index contributed by atoms with van der Waals surface area (Å²) in [4.78, 5) is 28.8. The van der Waals surface area contributed by atoms with Crippen LogP contribution in [-0.2, 0) is 38.8 Å². The molecule has 0 spiro atoms. The standard InChI is InChI=1S/C32H38F3N3O4S/c1-24(2)22-36-31(40)29(20-25-12-6-4-7-13-25)37(23-26-14-8-5-9-15-26)30(39)18-11-19-38(43(3,41)42)28-17-10-16-27(21-28)32(33,34)35/h4-10,12-17,21,24,29H,11,18-20,22-23H2,1-3H3,(H,36,40)/t29-/m0/s1. The van der Waals surface area contributed by atoms with Gasteiger partial charge in [0, 0.05) is 32.5 Å². The number of sulfonamides is 1. The van der Waals surface area contributed by atoms with Gasteiger partial charge in [0.25, 0.3) is 0 Å². The first-order valence-electron chi connectivity index (χ1n) is 14.1. The van der Waals surface area contributed by atoms with Gasteiger partial charge in [-0.3, -0.25) is 13.9 Å². The summed E-state index contributed by atoms with van der Waals surface area (Å²) in [6.07, 6.45) is -3.56. The Morgan fingerprint density at radius 1 is 0.884 bits per heavy atom. The molecule has 3 aromatic rings. The molecule has 3 aromatic carbocycles. The molecular formula is C32H38F3N3O4S. The van der Waals surface area contributed by atoms with Gasteiger partial charge in [-0.2, -0.15) is 13.2 Å². The molecule has 0 aliphatic heterocycles. The summed E-state index contributed by atoms with van der Waals surface area (Å²) in [5.74, 6) is -0.483. The summed E-state index contributed by atoms with van der Waals surface area (Å²) in [5.41, 5.74) is 0.569. The van der Waals surface area contributed by atoms with Crippen LogP contribution in [0.2, 0.25) is 0 Å². The molecule has 43 heavy (non-hydrogen) atoms. The number of nitrogens with one attached hydrogen (secondary N) is 1. The summed E-state index contributed by atoms with van der Waals surface area (Å²) in [7, 11) is -3.96. The van der Waals surface area contributed by atoms with Crippen LogP contribution in [0.4, 0.5) is 18.9 Å². The third-order valence-corrected chi connectivity index (χ3v) is 7.96. The molecule has 7 nitrogen and oxygen atoms in total. The molecule has 232 valence electrons. The lowest BCUT2D eigenvalue weighted by atomic mass is 10.0. The average molecular weight is 618 g/mol. The SMILES string of the molecule is CC(C)CNC(=O)[C@H](Cc1ccccc1)N(Cc1ccccc1)C(=O)CCCN(c1cccc(C(F)(F)F)c1)S(C)(=O)=O. The minimum atomic E-state index is -4.64. The molecule has 2 amide bonds. The van der Waals surface area contributed by atoms with E-state index in [1.54, 1.807) is 0 Å². The van der Waals surface area contributed by atoms with E-state index in [-0.39, 0.29) is 55.8 Å². The monoisotopic (exact) mass is 617 g/mol. The Kier molecular flexibility index (Phi) is 11.8. The van der Waals surface area contributed by atoms with Crippen molar-refractivity contribution < 1.29 is 31.2 Å². The van der Waals surface area contributed by atoms with E-state index in [0.29, 0.717) is 6.54 Å². The van der Waals surface area contributed by atoms with Gasteiger partial charge in [-0.15, -0.1) is 0 Å². The summed E-state index contributed by atoms with van der Waals surface area (Å²) in [6.45, 7) is 4.30. The number of carbonyl (C=O) groups excluding carboxylic acids is 2. The molecule has 0 bridgehead atoms. The maximum atomic E-state index is 13.8. The fourth-order valence-corrected chi connectivity index (χ4v) is 5.56. The summed E-state index contributed by atoms with van der Waals surface area (Å²) in [6, 6.07) is 21.8. The van der Waals surface area contributed by atoms with Gasteiger partial charge in [-0.25, -0.2) is 8.42 Å². The first-order chi connectivity index (χ1) is 20.3. The van der Waals surface area contributed by atoms with Gasteiger partial charge in [-0.05, 0) is 41.7 Å². The number of hydrogen-bond acceptors (Lipinski definition) is 4. The highest BCUT2D eigenvalue weighted by atomic mass is 32.2. The van der Waals surface area contributed by atoms with Gasteiger partial charge < -0.3 is 10.2 Å². The molecule has 1 N–H and O–H groups in total. The van der Waals surface area contributed by atoms with Gasteiger partial charge in [0.2, 0.25) is 21.8 Å². The van der Waals surface area contributed by atoms with Crippen LogP contribution < -0.4 is 9.62 Å². The van der Waals surface area contributed by atoms with E-state index in [2.05, 4.69) is 5.32 Å². The number of anilines is 1. The molecule has 1 atom stereocenters. The van der Waals surface area contributed by atoms with Crippen molar-refractivity contribution in [1.29, 1.82) is 0 Å². The third kappa shape index (κ3) is 10.4. The number of hydrogen-bond donors (Lipinski definition) is 1. The normalized spacial score (nSPS) is 12.5. The van der Waals surface area contributed by atoms with E-state index in [0.717, 1.165) is 39.9 Å². The molecule has 0 aromatic heterocycles. The number of benzene rings is 3. The van der Waals surface area contributed by atoms with Crippen molar-refractivity contribution in [3.05, 3.63) is 102 Å². The van der Waals surface area contributed by atoms with Crippen molar-refractivity contribution in [3.63, 3.8) is 0 Å². The Morgan fingerprint density at radius 3 is 2.05 bits per heavy atom. The predicted octanol–water partition coefficient (Wildman–Crippen LogP) is 5.66. The zero-order chi connectivity index (χ0) is 31.6. The van der Waals surface area contributed by atoms with Crippen LogP contribution in [0, 0.1) is 5.92 Å². The van der Waals surface area contributed by atoms with E-state index < -0.39 is 27.8 Å². The highest BCUT2D eigenvalue weighted by Crippen LogP contribution is 2.32. The van der Waals surface area contributed by atoms with Crippen molar-refractivity contribution in [3.8, 4) is 0 Å². The van der Waals surface area contributed by atoms with E-state index in [9.17, 15) is 31.2 Å². The Morgan fingerprint density at radius 2 is 1.49 bits per heavy atom. The molecule has 0 heterocycles. The molecule has 0 unspecified atom stereocenters. The average Bonchev–Trinajstić information content (AvgIpc) is 2.95. The van der Waals surface area contributed by atoms with Crippen LogP contribution in [0.15, 0.2) is 84.9 Å². The van der Waals surface area contributed by atoms with Crippen LogP contribution >= 0.6 is 0 Å². The molecule has 0 saturated heterocycles. The molecule has 0 aliphatic rings. The Labute approximate surface area is 251 Å². The van der Waals surface area contributed by atoms with Gasteiger partial charge in [-0.1, -0.05) is 80.6 Å². The first-order valence-corrected chi connectivity index (χ1v) is 15.9. The van der Waals surface area contributed by atoms with Crippen molar-refractivity contribution >= 4 is 27.5 Å². The number of carbonyl (C=O) groups is 2. The number of alkyl halides is 3. The highest BCUT2D eigenvalue weighted by molar-refractivity contribution is 7.92. The largest absolute Gasteiger partial charge is 0.416 e. The van der Waals surface area contributed by atoms with Crippen molar-refractivity contribution in [2.75, 3.05) is 23.7 Å². The Balaban J connectivity index is 1.87. The quantitative estimate of drug-likeness (QED) is 0.253. The molecule has 0 radical (unpaired) electrons. The van der Waals surface area contributed by atoms with E-state index in [1.165, 1.54) is 11.0 Å². The minimum absolute atomic E-state index is 0.0269. The molecule has 0 saturated carbocycles. The van der Waals surface area contributed by atoms with Crippen LogP contribution in [0.1, 0.15) is 43.4 Å². The lowest BCUT2D eigenvalue weighted by Crippen LogP contribution is -2.51. The molecular weight excluding hydrogens is 579 g/mol. The van der Waals surface area contributed by atoms with Gasteiger partial charge in [0.15, 0.2) is 0 Å². The second-order valence-corrected chi connectivity index (χ2v) is 12.7. The summed E-state index contributed by atoms with van der Waals surface area (Å²) in [5, 5.41) is 2.94. The van der Waals surface area contributed by atoms with Gasteiger partial charge >= 0.3 is 6.18 Å². The smallest absolute Gasteiger partial charge is 0.354 e. The van der Waals surface area contributed by atoms with Gasteiger partial charge in [0.1, 0.15) is 6.04 Å². The van der Waals surface area contributed by atoms with Crippen LogP contribution in [0.5, 0.6) is 0 Å². The Bertz CT molecular complexity index is 1450. The van der Waals surface area contributed by atoms with E-state index in [1.807, 2.05) is 74.5 Å². The third-order valence-electron chi connectivity index (χ3n) is 6.77. The maximum Gasteiger partial charge on any atom is 0.416 e. The van der Waals surface area contributed by atoms with Crippen LogP contribution in [0.3, 0.4) is 0 Å². The topological polar surface area (TPSA) is 86.8 Å². The minimum Gasteiger partial charge on any atom is -0.354 e. The second-order valence-electron chi connectivity index (χ2n) is 10.8. The number of halogens is 3. The van der Waals surface area contributed by atoms with E-state index >= 15 is 0 Å². The predicted molar refractivity (Wildman–Crippen MR) is 162 cm³/mol. The first kappa shape index (κ1) is 33.6. The summed E-state index contributed by atoms with van der Waals surface area (Å²) >= 11 is 0.